The number of hydrogen-bond acceptors (Lipinski definition) is 1. The van der Waals surface area contributed by atoms with Gasteiger partial charge in [-0.25, -0.2) is 13.5 Å². The van der Waals surface area contributed by atoms with Crippen molar-refractivity contribution in [3.8, 4) is 5.69 Å². The van der Waals surface area contributed by atoms with E-state index in [0.29, 0.717) is 5.92 Å². The van der Waals surface area contributed by atoms with Crippen LogP contribution in [0, 0.1) is 0 Å². The van der Waals surface area contributed by atoms with Crippen molar-refractivity contribution in [2.24, 2.45) is 0 Å². The Morgan fingerprint density at radius 1 is 1.05 bits per heavy atom. The largest absolute Gasteiger partial charge is 0.282 e. The molecule has 2 aromatic rings. The summed E-state index contributed by atoms with van der Waals surface area (Å²) < 4.78 is 27.6. The Balaban J connectivity index is 2.02. The molecule has 0 saturated heterocycles. The Bertz CT molecular complexity index is 557. The van der Waals surface area contributed by atoms with Crippen LogP contribution in [0.3, 0.4) is 0 Å². The Kier molecular flexibility index (Phi) is 3.81. The number of halogens is 2. The number of benzene rings is 1. The minimum atomic E-state index is -2.51. The maximum absolute atomic E-state index is 13.0. The van der Waals surface area contributed by atoms with Crippen LogP contribution >= 0.6 is 0 Å². The van der Waals surface area contributed by atoms with Gasteiger partial charge < -0.3 is 0 Å². The molecule has 1 heterocycles. The summed E-state index contributed by atoms with van der Waals surface area (Å²) in [5, 5.41) is 4.12. The Labute approximate surface area is 117 Å². The molecule has 106 valence electrons. The molecule has 0 atom stereocenters. The van der Waals surface area contributed by atoms with Gasteiger partial charge in [-0.2, -0.15) is 5.10 Å². The predicted octanol–water partition coefficient (Wildman–Crippen LogP) is 4.86. The van der Waals surface area contributed by atoms with Crippen LogP contribution in [0.25, 0.3) is 5.69 Å². The summed E-state index contributed by atoms with van der Waals surface area (Å²) in [5.74, 6) is 0.351. The molecule has 1 aromatic heterocycles. The molecule has 20 heavy (non-hydrogen) atoms. The van der Waals surface area contributed by atoms with E-state index in [0.717, 1.165) is 24.2 Å². The van der Waals surface area contributed by atoms with Gasteiger partial charge in [-0.1, -0.05) is 37.5 Å². The fourth-order valence-electron chi connectivity index (χ4n) is 2.99. The second kappa shape index (κ2) is 5.73. The SMILES string of the molecule is FC(F)c1cc(C2CCCCC2)n(-c2ccccc2)n1. The number of rotatable bonds is 3. The van der Waals surface area contributed by atoms with Gasteiger partial charge in [-0.3, -0.25) is 0 Å². The third-order valence-corrected chi connectivity index (χ3v) is 4.00. The van der Waals surface area contributed by atoms with Crippen molar-refractivity contribution in [2.45, 2.75) is 44.4 Å². The van der Waals surface area contributed by atoms with E-state index in [1.54, 1.807) is 10.7 Å². The average Bonchev–Trinajstić information content (AvgIpc) is 2.94. The zero-order valence-corrected chi connectivity index (χ0v) is 11.3. The molecule has 0 spiro atoms. The summed E-state index contributed by atoms with van der Waals surface area (Å²) in [4.78, 5) is 0. The highest BCUT2D eigenvalue weighted by molar-refractivity contribution is 5.34. The highest BCUT2D eigenvalue weighted by atomic mass is 19.3. The first-order valence-corrected chi connectivity index (χ1v) is 7.19. The molecule has 2 nitrogen and oxygen atoms in total. The first-order valence-electron chi connectivity index (χ1n) is 7.19. The van der Waals surface area contributed by atoms with Crippen LogP contribution in [0.5, 0.6) is 0 Å². The van der Waals surface area contributed by atoms with Crippen molar-refractivity contribution >= 4 is 0 Å². The topological polar surface area (TPSA) is 17.8 Å². The van der Waals surface area contributed by atoms with E-state index in [4.69, 9.17) is 0 Å². The van der Waals surface area contributed by atoms with Crippen molar-refractivity contribution in [1.29, 1.82) is 0 Å². The van der Waals surface area contributed by atoms with Crippen molar-refractivity contribution < 1.29 is 8.78 Å². The summed E-state index contributed by atoms with van der Waals surface area (Å²) in [6.07, 6.45) is 3.23. The van der Waals surface area contributed by atoms with E-state index >= 15 is 0 Å². The number of nitrogens with zero attached hydrogens (tertiary/aromatic N) is 2. The molecule has 0 N–H and O–H groups in total. The molecule has 0 unspecified atom stereocenters. The van der Waals surface area contributed by atoms with Gasteiger partial charge in [0.1, 0.15) is 5.69 Å². The van der Waals surface area contributed by atoms with Crippen LogP contribution < -0.4 is 0 Å². The first-order chi connectivity index (χ1) is 9.75. The summed E-state index contributed by atoms with van der Waals surface area (Å²) >= 11 is 0. The lowest BCUT2D eigenvalue weighted by atomic mass is 9.86. The van der Waals surface area contributed by atoms with Gasteiger partial charge >= 0.3 is 0 Å². The van der Waals surface area contributed by atoms with Crippen LogP contribution in [0.4, 0.5) is 8.78 Å². The summed E-state index contributed by atoms with van der Waals surface area (Å²) in [6, 6.07) is 11.1. The third kappa shape index (κ3) is 2.60. The molecule has 1 aliphatic rings. The quantitative estimate of drug-likeness (QED) is 0.783. The molecule has 1 aliphatic carbocycles. The summed E-state index contributed by atoms with van der Waals surface area (Å²) in [6.45, 7) is 0. The van der Waals surface area contributed by atoms with Gasteiger partial charge in [-0.05, 0) is 31.0 Å². The lowest BCUT2D eigenvalue weighted by Crippen LogP contribution is -2.10. The number of aromatic nitrogens is 2. The molecule has 3 rings (SSSR count). The van der Waals surface area contributed by atoms with Crippen LogP contribution in [-0.4, -0.2) is 9.78 Å². The lowest BCUT2D eigenvalue weighted by Gasteiger charge is -2.22. The van der Waals surface area contributed by atoms with E-state index in [1.165, 1.54) is 19.3 Å². The van der Waals surface area contributed by atoms with Gasteiger partial charge in [0.05, 0.1) is 5.69 Å². The molecule has 4 heteroatoms. The Morgan fingerprint density at radius 3 is 2.40 bits per heavy atom. The highest BCUT2D eigenvalue weighted by Crippen LogP contribution is 2.35. The number of hydrogen-bond donors (Lipinski definition) is 0. The van der Waals surface area contributed by atoms with Crippen molar-refractivity contribution in [1.82, 2.24) is 9.78 Å². The monoisotopic (exact) mass is 276 g/mol. The van der Waals surface area contributed by atoms with E-state index in [-0.39, 0.29) is 5.69 Å². The summed E-state index contributed by atoms with van der Waals surface area (Å²) in [5.41, 5.74) is 1.68. The van der Waals surface area contributed by atoms with Crippen molar-refractivity contribution in [2.75, 3.05) is 0 Å². The standard InChI is InChI=1S/C16H18F2N2/c17-16(18)14-11-15(12-7-3-1-4-8-12)20(19-14)13-9-5-2-6-10-13/h2,5-6,9-12,16H,1,3-4,7-8H2. The molecule has 1 fully saturated rings. The Morgan fingerprint density at radius 2 is 1.75 bits per heavy atom. The van der Waals surface area contributed by atoms with E-state index in [9.17, 15) is 8.78 Å². The maximum atomic E-state index is 13.0. The second-order valence-corrected chi connectivity index (χ2v) is 5.38. The smallest absolute Gasteiger partial charge is 0.237 e. The first kappa shape index (κ1) is 13.3. The predicted molar refractivity (Wildman–Crippen MR) is 74.3 cm³/mol. The number of alkyl halides is 2. The second-order valence-electron chi connectivity index (χ2n) is 5.38. The molecule has 0 amide bonds. The van der Waals surface area contributed by atoms with Crippen LogP contribution in [0.15, 0.2) is 36.4 Å². The highest BCUT2D eigenvalue weighted by Gasteiger charge is 2.24. The van der Waals surface area contributed by atoms with Crippen LogP contribution in [0.1, 0.15) is 55.8 Å². The molecular weight excluding hydrogens is 258 g/mol. The minimum Gasteiger partial charge on any atom is -0.237 e. The zero-order chi connectivity index (χ0) is 13.9. The van der Waals surface area contributed by atoms with Gasteiger partial charge in [0.15, 0.2) is 0 Å². The molecule has 0 radical (unpaired) electrons. The Hall–Kier alpha value is -1.71. The zero-order valence-electron chi connectivity index (χ0n) is 11.3. The van der Waals surface area contributed by atoms with Gasteiger partial charge in [0.2, 0.25) is 0 Å². The van der Waals surface area contributed by atoms with Gasteiger partial charge in [0, 0.05) is 11.6 Å². The van der Waals surface area contributed by atoms with Crippen molar-refractivity contribution in [3.63, 3.8) is 0 Å². The molecule has 0 bridgehead atoms. The average molecular weight is 276 g/mol. The van der Waals surface area contributed by atoms with Crippen LogP contribution in [0.2, 0.25) is 0 Å². The van der Waals surface area contributed by atoms with Crippen molar-refractivity contribution in [3.05, 3.63) is 47.8 Å². The molecule has 0 aliphatic heterocycles. The third-order valence-electron chi connectivity index (χ3n) is 4.00. The van der Waals surface area contributed by atoms with Gasteiger partial charge in [0.25, 0.3) is 6.43 Å². The molecule has 1 aromatic carbocycles. The minimum absolute atomic E-state index is 0.116. The van der Waals surface area contributed by atoms with Crippen LogP contribution in [-0.2, 0) is 0 Å². The van der Waals surface area contributed by atoms with E-state index < -0.39 is 6.43 Å². The fraction of sp³-hybridized carbons (Fsp3) is 0.438. The molecular formula is C16H18F2N2. The van der Waals surface area contributed by atoms with E-state index in [1.807, 2.05) is 30.3 Å². The normalized spacial score (nSPS) is 16.8. The maximum Gasteiger partial charge on any atom is 0.282 e. The fourth-order valence-corrected chi connectivity index (χ4v) is 2.99. The van der Waals surface area contributed by atoms with E-state index in [2.05, 4.69) is 5.10 Å². The summed E-state index contributed by atoms with van der Waals surface area (Å²) in [7, 11) is 0. The lowest BCUT2D eigenvalue weighted by molar-refractivity contribution is 0.145. The number of para-hydroxylation sites is 1. The molecule has 1 saturated carbocycles. The van der Waals surface area contributed by atoms with Gasteiger partial charge in [-0.15, -0.1) is 0 Å².